The molecule has 2 heterocycles. The van der Waals surface area contributed by atoms with Gasteiger partial charge in [0.15, 0.2) is 5.82 Å². The van der Waals surface area contributed by atoms with Crippen molar-refractivity contribution in [1.82, 2.24) is 14.5 Å². The molecule has 2 aromatic heterocycles. The minimum Gasteiger partial charge on any atom is -0.309 e. The van der Waals surface area contributed by atoms with Gasteiger partial charge in [0.05, 0.1) is 22.2 Å². The highest BCUT2D eigenvalue weighted by molar-refractivity contribution is 6.28. The SMILES string of the molecule is c1ccc(-c2cccc(-c3ccc(-c4nc(-c5cccc6cc(-n7c8ccc9ccccc9c8c8c9ccccc9ccc87)ccc56)nc5ccccc45)cc3)c2)cc1. The monoisotopic (exact) mass is 749 g/mol. The number of nitrogens with zero attached hydrogens (tertiary/aromatic N) is 3. The Bertz CT molecular complexity index is 3510. The van der Waals surface area contributed by atoms with Gasteiger partial charge in [-0.25, -0.2) is 9.97 Å². The summed E-state index contributed by atoms with van der Waals surface area (Å²) >= 11 is 0. The molecule has 10 aromatic carbocycles. The van der Waals surface area contributed by atoms with E-state index < -0.39 is 0 Å². The van der Waals surface area contributed by atoms with E-state index in [-0.39, 0.29) is 0 Å². The van der Waals surface area contributed by atoms with Gasteiger partial charge in [-0.15, -0.1) is 0 Å². The van der Waals surface area contributed by atoms with Crippen LogP contribution in [-0.4, -0.2) is 14.5 Å². The lowest BCUT2D eigenvalue weighted by molar-refractivity contribution is 1.19. The highest BCUT2D eigenvalue weighted by Gasteiger charge is 2.19. The van der Waals surface area contributed by atoms with E-state index in [0.29, 0.717) is 5.82 Å². The van der Waals surface area contributed by atoms with Crippen molar-refractivity contribution >= 4 is 65.0 Å². The number of hydrogen-bond acceptors (Lipinski definition) is 2. The molecule has 0 amide bonds. The maximum atomic E-state index is 5.34. The van der Waals surface area contributed by atoms with E-state index in [1.54, 1.807) is 0 Å². The largest absolute Gasteiger partial charge is 0.309 e. The van der Waals surface area contributed by atoms with Gasteiger partial charge in [-0.1, -0.05) is 176 Å². The molecule has 0 spiro atoms. The average molecular weight is 750 g/mol. The van der Waals surface area contributed by atoms with E-state index in [1.807, 2.05) is 0 Å². The molecule has 0 saturated heterocycles. The van der Waals surface area contributed by atoms with E-state index in [0.717, 1.165) is 44.2 Å². The van der Waals surface area contributed by atoms with Crippen molar-refractivity contribution in [2.24, 2.45) is 0 Å². The average Bonchev–Trinajstić information content (AvgIpc) is 3.67. The summed E-state index contributed by atoms with van der Waals surface area (Å²) in [5.41, 5.74) is 12.2. The second-order valence-corrected chi connectivity index (χ2v) is 15.3. The Kier molecular flexibility index (Phi) is 7.54. The van der Waals surface area contributed by atoms with Crippen LogP contribution in [0.4, 0.5) is 0 Å². The standard InChI is InChI=1S/C56H35N3/c1-2-12-36(13-3-1)41-16-10-17-42(34-41)37-24-26-40(27-25-37)55-49-21-8-9-23-50(49)57-56(58-55)48-22-11-18-43-35-44(30-31-45(43)48)59-51-32-28-38-14-4-6-19-46(38)53(51)54-47-20-7-5-15-39(47)29-33-52(54)59/h1-35H. The number of aromatic nitrogens is 3. The number of rotatable bonds is 5. The summed E-state index contributed by atoms with van der Waals surface area (Å²) in [5.74, 6) is 0.714. The van der Waals surface area contributed by atoms with Crippen LogP contribution >= 0.6 is 0 Å². The Morgan fingerprint density at radius 3 is 1.59 bits per heavy atom. The van der Waals surface area contributed by atoms with E-state index in [2.05, 4.69) is 217 Å². The summed E-state index contributed by atoms with van der Waals surface area (Å²) in [4.78, 5) is 10.5. The maximum absolute atomic E-state index is 5.34. The molecule has 0 fully saturated rings. The minimum absolute atomic E-state index is 0.714. The van der Waals surface area contributed by atoms with Crippen LogP contribution in [0, 0.1) is 0 Å². The third-order valence-corrected chi connectivity index (χ3v) is 12.0. The highest BCUT2D eigenvalue weighted by Crippen LogP contribution is 2.41. The second kappa shape index (κ2) is 13.4. The minimum atomic E-state index is 0.714. The van der Waals surface area contributed by atoms with E-state index in [9.17, 15) is 0 Å². The van der Waals surface area contributed by atoms with Crippen molar-refractivity contribution in [2.45, 2.75) is 0 Å². The van der Waals surface area contributed by atoms with Crippen LogP contribution in [0.5, 0.6) is 0 Å². The number of benzene rings is 10. The Morgan fingerprint density at radius 1 is 0.322 bits per heavy atom. The van der Waals surface area contributed by atoms with Crippen molar-refractivity contribution < 1.29 is 0 Å². The molecule has 0 aliphatic carbocycles. The lowest BCUT2D eigenvalue weighted by Gasteiger charge is -2.13. The molecule has 0 atom stereocenters. The smallest absolute Gasteiger partial charge is 0.161 e. The summed E-state index contributed by atoms with van der Waals surface area (Å²) in [6, 6.07) is 76.3. The molecule has 274 valence electrons. The molecule has 0 saturated carbocycles. The van der Waals surface area contributed by atoms with E-state index >= 15 is 0 Å². The molecule has 0 radical (unpaired) electrons. The lowest BCUT2D eigenvalue weighted by Crippen LogP contribution is -1.97. The molecule has 3 nitrogen and oxygen atoms in total. The highest BCUT2D eigenvalue weighted by atomic mass is 15.0. The third-order valence-electron chi connectivity index (χ3n) is 12.0. The van der Waals surface area contributed by atoms with Crippen LogP contribution in [0.2, 0.25) is 0 Å². The van der Waals surface area contributed by atoms with Gasteiger partial charge < -0.3 is 4.57 Å². The van der Waals surface area contributed by atoms with Crippen LogP contribution in [0.15, 0.2) is 212 Å². The zero-order chi connectivity index (χ0) is 38.9. The van der Waals surface area contributed by atoms with Gasteiger partial charge in [0.25, 0.3) is 0 Å². The van der Waals surface area contributed by atoms with Crippen LogP contribution < -0.4 is 0 Å². The predicted octanol–water partition coefficient (Wildman–Crippen LogP) is 14.9. The summed E-state index contributed by atoms with van der Waals surface area (Å²) < 4.78 is 2.43. The lowest BCUT2D eigenvalue weighted by atomic mass is 9.97. The first kappa shape index (κ1) is 33.3. The summed E-state index contributed by atoms with van der Waals surface area (Å²) in [6.07, 6.45) is 0. The topological polar surface area (TPSA) is 30.7 Å². The molecule has 12 aromatic rings. The van der Waals surface area contributed by atoms with Crippen LogP contribution in [0.25, 0.3) is 116 Å². The molecule has 0 aliphatic rings. The molecule has 59 heavy (non-hydrogen) atoms. The summed E-state index contributed by atoms with van der Waals surface area (Å²) in [7, 11) is 0. The van der Waals surface area contributed by atoms with Crippen LogP contribution in [-0.2, 0) is 0 Å². The molecule has 0 unspecified atom stereocenters. The van der Waals surface area contributed by atoms with E-state index in [4.69, 9.17) is 9.97 Å². The van der Waals surface area contributed by atoms with Crippen LogP contribution in [0.1, 0.15) is 0 Å². The summed E-state index contributed by atoms with van der Waals surface area (Å²) in [5, 5.41) is 10.9. The molecule has 0 N–H and O–H groups in total. The number of fused-ring (bicyclic) bond motifs is 9. The first-order valence-electron chi connectivity index (χ1n) is 20.2. The zero-order valence-corrected chi connectivity index (χ0v) is 32.0. The molecular weight excluding hydrogens is 715 g/mol. The van der Waals surface area contributed by atoms with Crippen LogP contribution in [0.3, 0.4) is 0 Å². The maximum Gasteiger partial charge on any atom is 0.161 e. The van der Waals surface area contributed by atoms with Gasteiger partial charge in [-0.3, -0.25) is 0 Å². The normalized spacial score (nSPS) is 11.7. The van der Waals surface area contributed by atoms with Gasteiger partial charge in [0.2, 0.25) is 0 Å². The van der Waals surface area contributed by atoms with Crippen molar-refractivity contribution in [3.05, 3.63) is 212 Å². The number of para-hydroxylation sites is 1. The van der Waals surface area contributed by atoms with Gasteiger partial charge in [-0.2, -0.15) is 0 Å². The first-order chi connectivity index (χ1) is 29.2. The van der Waals surface area contributed by atoms with Crippen molar-refractivity contribution in [3.63, 3.8) is 0 Å². The van der Waals surface area contributed by atoms with Crippen molar-refractivity contribution in [1.29, 1.82) is 0 Å². The molecular formula is C56H35N3. The third kappa shape index (κ3) is 5.44. The van der Waals surface area contributed by atoms with E-state index in [1.165, 1.54) is 65.6 Å². The molecule has 0 aliphatic heterocycles. The Labute approximate surface area is 341 Å². The quantitative estimate of drug-likeness (QED) is 0.175. The fourth-order valence-corrected chi connectivity index (χ4v) is 9.18. The number of hydrogen-bond donors (Lipinski definition) is 0. The Morgan fingerprint density at radius 2 is 0.881 bits per heavy atom. The van der Waals surface area contributed by atoms with Crippen molar-refractivity contribution in [3.8, 4) is 50.6 Å². The van der Waals surface area contributed by atoms with Gasteiger partial charge in [-0.05, 0) is 91.0 Å². The predicted molar refractivity (Wildman–Crippen MR) is 248 cm³/mol. The second-order valence-electron chi connectivity index (χ2n) is 15.3. The fourth-order valence-electron chi connectivity index (χ4n) is 9.18. The van der Waals surface area contributed by atoms with Gasteiger partial charge in [0, 0.05) is 33.0 Å². The fraction of sp³-hybridized carbons (Fsp3) is 0. The Hall–Kier alpha value is -7.88. The van der Waals surface area contributed by atoms with Gasteiger partial charge >= 0.3 is 0 Å². The first-order valence-corrected chi connectivity index (χ1v) is 20.2. The van der Waals surface area contributed by atoms with Gasteiger partial charge in [0.1, 0.15) is 0 Å². The Balaban J connectivity index is 0.984. The molecule has 12 rings (SSSR count). The zero-order valence-electron chi connectivity index (χ0n) is 32.0. The molecule has 0 bridgehead atoms. The van der Waals surface area contributed by atoms with Crippen molar-refractivity contribution in [2.75, 3.05) is 0 Å². The molecule has 3 heteroatoms. The summed E-state index contributed by atoms with van der Waals surface area (Å²) in [6.45, 7) is 0.